The van der Waals surface area contributed by atoms with Gasteiger partial charge in [0.15, 0.2) is 0 Å². The Balaban J connectivity index is 1.51. The van der Waals surface area contributed by atoms with Gasteiger partial charge in [-0.3, -0.25) is 24.1 Å². The number of aliphatic hydroxyl groups is 1. The molecule has 0 unspecified atom stereocenters. The minimum Gasteiger partial charge on any atom is -0.460 e. The van der Waals surface area contributed by atoms with Crippen molar-refractivity contribution >= 4 is 23.7 Å². The lowest BCUT2D eigenvalue weighted by Crippen LogP contribution is -2.57. The molecule has 6 atom stereocenters. The Morgan fingerprint density at radius 2 is 1.98 bits per heavy atom. The molecular weight excluding hydrogens is 556 g/mol. The fourth-order valence-corrected chi connectivity index (χ4v) is 6.94. The third-order valence-electron chi connectivity index (χ3n) is 9.04. The van der Waals surface area contributed by atoms with Crippen molar-refractivity contribution in [3.63, 3.8) is 0 Å². The number of carbonyl (C=O) groups is 4. The first kappa shape index (κ1) is 33.1. The largest absolute Gasteiger partial charge is 0.460 e. The summed E-state index contributed by atoms with van der Waals surface area (Å²) < 4.78 is 17.7. The second kappa shape index (κ2) is 15.3. The third-order valence-corrected chi connectivity index (χ3v) is 9.04. The summed E-state index contributed by atoms with van der Waals surface area (Å²) in [6.07, 6.45) is 5.12. The van der Waals surface area contributed by atoms with Gasteiger partial charge in [-0.25, -0.2) is 0 Å². The SMILES string of the molecule is C=CCCC(=O)NC[C@H](C)OC(=O)[C@@H]1[C@@H]2CC[C@]3(O2)[C@H](C(=O)N(CC=C)CCN2CCOCC2)N(CCCCO)C(=O)[C@@H]13. The van der Waals surface area contributed by atoms with Crippen LogP contribution in [0, 0.1) is 11.8 Å². The number of nitrogens with one attached hydrogen (secondary N) is 1. The van der Waals surface area contributed by atoms with Gasteiger partial charge < -0.3 is 34.4 Å². The number of rotatable bonds is 17. The van der Waals surface area contributed by atoms with Crippen LogP contribution in [0.3, 0.4) is 0 Å². The molecule has 4 saturated heterocycles. The van der Waals surface area contributed by atoms with E-state index in [1.807, 2.05) is 0 Å². The molecule has 43 heavy (non-hydrogen) atoms. The molecule has 0 aromatic heterocycles. The molecular formula is C31H48N4O8. The van der Waals surface area contributed by atoms with E-state index in [0.29, 0.717) is 71.4 Å². The molecule has 0 aromatic carbocycles. The number of allylic oxidation sites excluding steroid dienone is 1. The average molecular weight is 605 g/mol. The van der Waals surface area contributed by atoms with E-state index >= 15 is 0 Å². The van der Waals surface area contributed by atoms with Gasteiger partial charge in [0.1, 0.15) is 17.7 Å². The highest BCUT2D eigenvalue weighted by Crippen LogP contribution is 2.58. The monoisotopic (exact) mass is 604 g/mol. The lowest BCUT2D eigenvalue weighted by atomic mass is 9.70. The molecule has 4 aliphatic heterocycles. The molecule has 240 valence electrons. The van der Waals surface area contributed by atoms with Crippen LogP contribution in [0.4, 0.5) is 0 Å². The number of fused-ring (bicyclic) bond motifs is 1. The maximum atomic E-state index is 14.3. The van der Waals surface area contributed by atoms with E-state index in [-0.39, 0.29) is 37.4 Å². The summed E-state index contributed by atoms with van der Waals surface area (Å²) in [4.78, 5) is 59.5. The van der Waals surface area contributed by atoms with E-state index in [1.54, 1.807) is 28.9 Å². The van der Waals surface area contributed by atoms with Crippen molar-refractivity contribution in [2.75, 3.05) is 65.6 Å². The average Bonchev–Trinajstić information content (AvgIpc) is 3.65. The Kier molecular flexibility index (Phi) is 11.8. The predicted octanol–water partition coefficient (Wildman–Crippen LogP) is 0.494. The van der Waals surface area contributed by atoms with Crippen molar-refractivity contribution in [1.29, 1.82) is 0 Å². The molecule has 0 saturated carbocycles. The summed E-state index contributed by atoms with van der Waals surface area (Å²) >= 11 is 0. The van der Waals surface area contributed by atoms with Gasteiger partial charge in [-0.05, 0) is 39.0 Å². The number of hydrogen-bond donors (Lipinski definition) is 2. The van der Waals surface area contributed by atoms with E-state index in [1.165, 1.54) is 0 Å². The molecule has 12 nitrogen and oxygen atoms in total. The van der Waals surface area contributed by atoms with Gasteiger partial charge >= 0.3 is 5.97 Å². The summed E-state index contributed by atoms with van der Waals surface area (Å²) in [5.74, 6) is -2.86. The Morgan fingerprint density at radius 3 is 2.67 bits per heavy atom. The van der Waals surface area contributed by atoms with Crippen molar-refractivity contribution < 1.29 is 38.5 Å². The zero-order valence-corrected chi connectivity index (χ0v) is 25.4. The minimum absolute atomic E-state index is 0.0209. The number of carbonyl (C=O) groups excluding carboxylic acids is 4. The third kappa shape index (κ3) is 7.30. The van der Waals surface area contributed by atoms with E-state index in [9.17, 15) is 24.3 Å². The summed E-state index contributed by atoms with van der Waals surface area (Å²) in [6.45, 7) is 13.9. The zero-order chi connectivity index (χ0) is 31.0. The van der Waals surface area contributed by atoms with Crippen LogP contribution in [0.15, 0.2) is 25.3 Å². The Hall–Kier alpha value is -2.80. The van der Waals surface area contributed by atoms with Crippen molar-refractivity contribution in [2.24, 2.45) is 11.8 Å². The molecule has 1 spiro atoms. The molecule has 4 fully saturated rings. The normalized spacial score (nSPS) is 28.8. The van der Waals surface area contributed by atoms with Crippen molar-refractivity contribution in [1.82, 2.24) is 20.0 Å². The first-order valence-electron chi connectivity index (χ1n) is 15.6. The number of hydrogen-bond acceptors (Lipinski definition) is 9. The Morgan fingerprint density at radius 1 is 1.21 bits per heavy atom. The van der Waals surface area contributed by atoms with Crippen LogP contribution in [-0.2, 0) is 33.4 Å². The number of amides is 3. The van der Waals surface area contributed by atoms with Crippen molar-refractivity contribution in [3.8, 4) is 0 Å². The topological polar surface area (TPSA) is 138 Å². The predicted molar refractivity (Wildman–Crippen MR) is 158 cm³/mol. The summed E-state index contributed by atoms with van der Waals surface area (Å²) in [6, 6.07) is -0.877. The zero-order valence-electron chi connectivity index (χ0n) is 25.4. The van der Waals surface area contributed by atoms with Crippen LogP contribution in [0.25, 0.3) is 0 Å². The van der Waals surface area contributed by atoms with Gasteiger partial charge in [0.05, 0.1) is 37.7 Å². The number of unbranched alkanes of at least 4 members (excludes halogenated alkanes) is 1. The van der Waals surface area contributed by atoms with Crippen molar-refractivity contribution in [3.05, 3.63) is 25.3 Å². The highest BCUT2D eigenvalue weighted by atomic mass is 16.6. The Bertz CT molecular complexity index is 1030. The summed E-state index contributed by atoms with van der Waals surface area (Å²) in [7, 11) is 0. The number of nitrogens with zero attached hydrogens (tertiary/aromatic N) is 3. The van der Waals surface area contributed by atoms with Crippen molar-refractivity contribution in [2.45, 2.75) is 69.3 Å². The van der Waals surface area contributed by atoms with Crippen LogP contribution in [0.1, 0.15) is 45.4 Å². The van der Waals surface area contributed by atoms with Gasteiger partial charge in [0.25, 0.3) is 0 Å². The molecule has 4 heterocycles. The molecule has 2 N–H and O–H groups in total. The first-order valence-corrected chi connectivity index (χ1v) is 15.6. The highest BCUT2D eigenvalue weighted by molar-refractivity contribution is 5.98. The number of ether oxygens (including phenoxy) is 3. The summed E-state index contributed by atoms with van der Waals surface area (Å²) in [5, 5.41) is 12.2. The molecule has 3 amide bonds. The minimum atomic E-state index is -1.12. The summed E-state index contributed by atoms with van der Waals surface area (Å²) in [5.41, 5.74) is -1.12. The lowest BCUT2D eigenvalue weighted by Gasteiger charge is -2.37. The van der Waals surface area contributed by atoms with Crippen LogP contribution >= 0.6 is 0 Å². The molecule has 0 aromatic rings. The van der Waals surface area contributed by atoms with Crippen LogP contribution in [0.2, 0.25) is 0 Å². The maximum absolute atomic E-state index is 14.3. The van der Waals surface area contributed by atoms with E-state index < -0.39 is 41.7 Å². The van der Waals surface area contributed by atoms with E-state index in [2.05, 4.69) is 23.4 Å². The molecule has 2 bridgehead atoms. The number of esters is 1. The van der Waals surface area contributed by atoms with E-state index in [0.717, 1.165) is 13.1 Å². The molecule has 4 aliphatic rings. The first-order chi connectivity index (χ1) is 20.8. The van der Waals surface area contributed by atoms with Crippen LogP contribution < -0.4 is 5.32 Å². The van der Waals surface area contributed by atoms with Gasteiger partial charge in [-0.2, -0.15) is 0 Å². The highest BCUT2D eigenvalue weighted by Gasteiger charge is 2.75. The Labute approximate surface area is 254 Å². The van der Waals surface area contributed by atoms with E-state index in [4.69, 9.17) is 14.2 Å². The van der Waals surface area contributed by atoms with Gasteiger partial charge in [0, 0.05) is 52.3 Å². The number of morpholine rings is 1. The molecule has 12 heteroatoms. The standard InChI is InChI=1S/C31H48N4O8/c1-4-6-9-24(37)32-21-22(3)42-30(40)25-23-10-11-31(43-23)26(25)28(38)35(13-7-8-18-36)27(31)29(39)34(12-5-2)15-14-33-16-19-41-20-17-33/h4-5,22-23,25-27,36H,1-2,6-21H2,3H3,(H,32,37)/t22-,23-,25+,26+,27-,31+/m0/s1. The molecule has 0 radical (unpaired) electrons. The smallest absolute Gasteiger partial charge is 0.312 e. The van der Waals surface area contributed by atoms with Gasteiger partial charge in [-0.1, -0.05) is 12.2 Å². The fraction of sp³-hybridized carbons (Fsp3) is 0.742. The number of likely N-dealkylation sites (tertiary alicyclic amines) is 1. The molecule has 4 rings (SSSR count). The fourth-order valence-electron chi connectivity index (χ4n) is 6.94. The van der Waals surface area contributed by atoms with Gasteiger partial charge in [0.2, 0.25) is 17.7 Å². The maximum Gasteiger partial charge on any atom is 0.312 e. The lowest BCUT2D eigenvalue weighted by molar-refractivity contribution is -0.159. The van der Waals surface area contributed by atoms with Gasteiger partial charge in [-0.15, -0.1) is 13.2 Å². The van der Waals surface area contributed by atoms with Crippen LogP contribution in [-0.4, -0.2) is 133 Å². The second-order valence-electron chi connectivity index (χ2n) is 11.9. The quantitative estimate of drug-likeness (QED) is 0.138. The molecule has 0 aliphatic carbocycles. The number of aliphatic hydroxyl groups excluding tert-OH is 1. The second-order valence-corrected chi connectivity index (χ2v) is 11.9. The van der Waals surface area contributed by atoms with Crippen LogP contribution in [0.5, 0.6) is 0 Å².